The van der Waals surface area contributed by atoms with E-state index in [0.717, 1.165) is 5.56 Å². The maximum Gasteiger partial charge on any atom is 0.319 e. The van der Waals surface area contributed by atoms with E-state index in [-0.39, 0.29) is 12.6 Å². The van der Waals surface area contributed by atoms with Crippen molar-refractivity contribution in [1.29, 1.82) is 0 Å². The number of carbonyl (C=O) groups excluding carboxylic acids is 1. The molecule has 0 unspecified atom stereocenters. The number of benzene rings is 1. The van der Waals surface area contributed by atoms with E-state index in [1.165, 1.54) is 0 Å². The lowest BCUT2D eigenvalue weighted by molar-refractivity contribution is 0.0354. The molecule has 1 aromatic heterocycles. The van der Waals surface area contributed by atoms with Crippen LogP contribution in [0.4, 0.5) is 10.5 Å². The van der Waals surface area contributed by atoms with Crippen LogP contribution in [-0.4, -0.2) is 33.1 Å². The molecule has 0 aliphatic heterocycles. The van der Waals surface area contributed by atoms with Crippen molar-refractivity contribution in [2.24, 2.45) is 7.05 Å². The largest absolute Gasteiger partial charge is 0.388 e. The first kappa shape index (κ1) is 17.0. The lowest BCUT2D eigenvalue weighted by Crippen LogP contribution is -2.43. The van der Waals surface area contributed by atoms with E-state index >= 15 is 0 Å². The monoisotopic (exact) mass is 316 g/mol. The Morgan fingerprint density at radius 1 is 1.26 bits per heavy atom. The smallest absolute Gasteiger partial charge is 0.319 e. The van der Waals surface area contributed by atoms with Gasteiger partial charge in [0.1, 0.15) is 5.69 Å². The van der Waals surface area contributed by atoms with E-state index in [1.54, 1.807) is 10.9 Å². The normalized spacial score (nSPS) is 11.3. The summed E-state index contributed by atoms with van der Waals surface area (Å²) in [5.74, 6) is 0. The Morgan fingerprint density at radius 2 is 1.91 bits per heavy atom. The fourth-order valence-electron chi connectivity index (χ4n) is 2.30. The summed E-state index contributed by atoms with van der Waals surface area (Å²) in [5.41, 5.74) is 1.41. The molecule has 0 bridgehead atoms. The van der Waals surface area contributed by atoms with E-state index in [9.17, 15) is 9.90 Å². The number of nitrogens with zero attached hydrogens (tertiary/aromatic N) is 2. The molecule has 6 heteroatoms. The van der Waals surface area contributed by atoms with Crippen LogP contribution in [0.3, 0.4) is 0 Å². The molecule has 2 amide bonds. The number of rotatable bonds is 6. The lowest BCUT2D eigenvalue weighted by Gasteiger charge is -2.25. The molecule has 0 radical (unpaired) electrons. The predicted molar refractivity (Wildman–Crippen MR) is 91.2 cm³/mol. The van der Waals surface area contributed by atoms with Gasteiger partial charge >= 0.3 is 6.03 Å². The summed E-state index contributed by atoms with van der Waals surface area (Å²) in [5, 5.41) is 20.2. The van der Waals surface area contributed by atoms with Crippen molar-refractivity contribution in [1.82, 2.24) is 15.1 Å². The van der Waals surface area contributed by atoms with Crippen LogP contribution in [-0.2, 0) is 7.05 Å². The Bertz CT molecular complexity index is 648. The topological polar surface area (TPSA) is 79.2 Å². The second-order valence-corrected chi connectivity index (χ2v) is 5.67. The quantitative estimate of drug-likeness (QED) is 0.766. The van der Waals surface area contributed by atoms with Crippen LogP contribution in [0.15, 0.2) is 36.5 Å². The number of carbonyl (C=O) groups is 1. The van der Waals surface area contributed by atoms with Gasteiger partial charge in [-0.25, -0.2) is 4.79 Å². The zero-order chi connectivity index (χ0) is 16.9. The zero-order valence-corrected chi connectivity index (χ0v) is 13.8. The molecule has 23 heavy (non-hydrogen) atoms. The molecule has 0 saturated heterocycles. The molecule has 1 aromatic carbocycles. The van der Waals surface area contributed by atoms with Crippen LogP contribution < -0.4 is 10.6 Å². The fraction of sp³-hybridized carbons (Fsp3) is 0.412. The zero-order valence-electron chi connectivity index (χ0n) is 13.8. The van der Waals surface area contributed by atoms with E-state index in [0.29, 0.717) is 24.2 Å². The van der Waals surface area contributed by atoms with Crippen molar-refractivity contribution >= 4 is 11.7 Å². The number of urea groups is 1. The highest BCUT2D eigenvalue weighted by atomic mass is 16.3. The summed E-state index contributed by atoms with van der Waals surface area (Å²) in [6.07, 6.45) is 2.94. The Labute approximate surface area is 136 Å². The van der Waals surface area contributed by atoms with Gasteiger partial charge < -0.3 is 15.7 Å². The average molecular weight is 316 g/mol. The molecule has 1 heterocycles. The molecular formula is C17H24N4O2. The minimum atomic E-state index is -0.867. The van der Waals surface area contributed by atoms with E-state index < -0.39 is 5.60 Å². The molecule has 6 nitrogen and oxygen atoms in total. The van der Waals surface area contributed by atoms with Crippen molar-refractivity contribution in [2.75, 3.05) is 11.9 Å². The Hall–Kier alpha value is -2.34. The number of nitrogens with one attached hydrogen (secondary N) is 2. The second-order valence-electron chi connectivity index (χ2n) is 5.67. The lowest BCUT2D eigenvalue weighted by atomic mass is 9.98. The summed E-state index contributed by atoms with van der Waals surface area (Å²) in [6, 6.07) is 9.32. The highest BCUT2D eigenvalue weighted by molar-refractivity contribution is 5.93. The van der Waals surface area contributed by atoms with E-state index in [4.69, 9.17) is 0 Å². The van der Waals surface area contributed by atoms with Crippen LogP contribution in [0.2, 0.25) is 0 Å². The van der Waals surface area contributed by atoms with Crippen molar-refractivity contribution in [3.63, 3.8) is 0 Å². The highest BCUT2D eigenvalue weighted by Gasteiger charge is 2.23. The van der Waals surface area contributed by atoms with Gasteiger partial charge in [0.05, 0.1) is 11.3 Å². The highest BCUT2D eigenvalue weighted by Crippen LogP contribution is 2.25. The first-order valence-electron chi connectivity index (χ1n) is 7.83. The maximum atomic E-state index is 12.1. The first-order chi connectivity index (χ1) is 11.0. The van der Waals surface area contributed by atoms with Gasteiger partial charge in [0.2, 0.25) is 0 Å². The van der Waals surface area contributed by atoms with E-state index in [1.807, 2.05) is 51.2 Å². The molecule has 0 saturated carbocycles. The van der Waals surface area contributed by atoms with Crippen LogP contribution in [0, 0.1) is 0 Å². The minimum absolute atomic E-state index is 0.215. The molecule has 0 fully saturated rings. The van der Waals surface area contributed by atoms with E-state index in [2.05, 4.69) is 15.7 Å². The van der Waals surface area contributed by atoms with Crippen LogP contribution in [0.1, 0.15) is 26.7 Å². The molecule has 0 aliphatic rings. The number of anilines is 1. The van der Waals surface area contributed by atoms with Gasteiger partial charge in [-0.05, 0) is 12.8 Å². The van der Waals surface area contributed by atoms with Crippen LogP contribution >= 0.6 is 0 Å². The number of aliphatic hydroxyl groups is 1. The number of hydrogen-bond donors (Lipinski definition) is 3. The minimum Gasteiger partial charge on any atom is -0.388 e. The second kappa shape index (κ2) is 7.28. The van der Waals surface area contributed by atoms with Gasteiger partial charge in [0.25, 0.3) is 0 Å². The molecular weight excluding hydrogens is 292 g/mol. The summed E-state index contributed by atoms with van der Waals surface area (Å²) in [4.78, 5) is 12.1. The van der Waals surface area contributed by atoms with Crippen molar-refractivity contribution in [3.8, 4) is 11.3 Å². The van der Waals surface area contributed by atoms with Gasteiger partial charge in [-0.3, -0.25) is 4.68 Å². The standard InChI is InChI=1S/C17H24N4O2/c1-4-17(23,5-2)12-18-16(22)19-14-11-21(3)20-15(14)13-9-7-6-8-10-13/h6-11,23H,4-5,12H2,1-3H3,(H2,18,19,22). The molecule has 0 aliphatic carbocycles. The number of hydrogen-bond acceptors (Lipinski definition) is 3. The van der Waals surface area contributed by atoms with Gasteiger partial charge in [0.15, 0.2) is 0 Å². The first-order valence-corrected chi connectivity index (χ1v) is 7.83. The molecule has 124 valence electrons. The Kier molecular flexibility index (Phi) is 5.39. The Balaban J connectivity index is 2.07. The summed E-state index contributed by atoms with van der Waals surface area (Å²) in [7, 11) is 1.81. The number of aryl methyl sites for hydroxylation is 1. The molecule has 0 atom stereocenters. The predicted octanol–water partition coefficient (Wildman–Crippen LogP) is 2.76. The average Bonchev–Trinajstić information content (AvgIpc) is 2.94. The van der Waals surface area contributed by atoms with Crippen molar-refractivity contribution in [3.05, 3.63) is 36.5 Å². The molecule has 2 aromatic rings. The molecule has 0 spiro atoms. The summed E-state index contributed by atoms with van der Waals surface area (Å²) in [6.45, 7) is 4.02. The van der Waals surface area contributed by atoms with Crippen LogP contribution in [0.25, 0.3) is 11.3 Å². The van der Waals surface area contributed by atoms with Gasteiger partial charge in [-0.2, -0.15) is 5.10 Å². The number of amides is 2. The number of aromatic nitrogens is 2. The third kappa shape index (κ3) is 4.32. The fourth-order valence-corrected chi connectivity index (χ4v) is 2.30. The summed E-state index contributed by atoms with van der Waals surface area (Å²) >= 11 is 0. The third-order valence-electron chi connectivity index (χ3n) is 4.02. The maximum absolute atomic E-state index is 12.1. The van der Waals surface area contributed by atoms with Gasteiger partial charge in [0, 0.05) is 25.4 Å². The van der Waals surface area contributed by atoms with Crippen molar-refractivity contribution < 1.29 is 9.90 Å². The van der Waals surface area contributed by atoms with Crippen LogP contribution in [0.5, 0.6) is 0 Å². The molecule has 2 rings (SSSR count). The van der Waals surface area contributed by atoms with Crippen molar-refractivity contribution in [2.45, 2.75) is 32.3 Å². The van der Waals surface area contributed by atoms with Gasteiger partial charge in [-0.1, -0.05) is 44.2 Å². The molecule has 3 N–H and O–H groups in total. The Morgan fingerprint density at radius 3 is 2.52 bits per heavy atom. The van der Waals surface area contributed by atoms with Gasteiger partial charge in [-0.15, -0.1) is 0 Å². The SMILES string of the molecule is CCC(O)(CC)CNC(=O)Nc1cn(C)nc1-c1ccccc1. The third-order valence-corrected chi connectivity index (χ3v) is 4.02. The summed E-state index contributed by atoms with van der Waals surface area (Å²) < 4.78 is 1.66.